The Balaban J connectivity index is 1.71. The van der Waals surface area contributed by atoms with Crippen LogP contribution in [0.3, 0.4) is 0 Å². The number of para-hydroxylation sites is 1. The first-order chi connectivity index (χ1) is 14.6. The molecule has 0 bridgehead atoms. The number of rotatable bonds is 7. The lowest BCUT2D eigenvalue weighted by Gasteiger charge is -2.13. The van der Waals surface area contributed by atoms with Gasteiger partial charge in [0.15, 0.2) is 0 Å². The number of hydrogen-bond donors (Lipinski definition) is 3. The van der Waals surface area contributed by atoms with Gasteiger partial charge in [0, 0.05) is 34.2 Å². The molecular weight excluding hydrogens is 385 g/mol. The van der Waals surface area contributed by atoms with Crippen LogP contribution in [0.5, 0.6) is 5.75 Å². The molecule has 7 heteroatoms. The van der Waals surface area contributed by atoms with Gasteiger partial charge in [0.1, 0.15) is 18.2 Å². The smallest absolute Gasteiger partial charge is 0.307 e. The van der Waals surface area contributed by atoms with Crippen molar-refractivity contribution in [1.29, 1.82) is 0 Å². The Hall–Kier alpha value is -3.71. The van der Waals surface area contributed by atoms with Gasteiger partial charge in [-0.3, -0.25) is 9.89 Å². The standard InChI is InChI=1S/C23H20FN3O3/c24-23-15(11-25)5-3-6-18(23)16-8-17(19-12-26-27-20(19)9-16)13-30-21-7-2-1-4-14(21)10-22(28)29/h1-9,12H,10-11,13,25H2,(H,26,27)(H,28,29). The Bertz CT molecular complexity index is 1220. The molecule has 0 fully saturated rings. The maximum absolute atomic E-state index is 14.8. The van der Waals surface area contributed by atoms with E-state index in [9.17, 15) is 9.18 Å². The van der Waals surface area contributed by atoms with Crippen molar-refractivity contribution in [2.75, 3.05) is 0 Å². The summed E-state index contributed by atoms with van der Waals surface area (Å²) >= 11 is 0. The Labute approximate surface area is 172 Å². The predicted molar refractivity (Wildman–Crippen MR) is 111 cm³/mol. The fraction of sp³-hybridized carbons (Fsp3) is 0.130. The minimum absolute atomic E-state index is 0.113. The van der Waals surface area contributed by atoms with Crippen LogP contribution in [0.15, 0.2) is 60.8 Å². The fourth-order valence-electron chi connectivity index (χ4n) is 3.47. The molecule has 4 N–H and O–H groups in total. The van der Waals surface area contributed by atoms with Crippen molar-refractivity contribution >= 4 is 16.9 Å². The van der Waals surface area contributed by atoms with E-state index in [0.717, 1.165) is 16.5 Å². The van der Waals surface area contributed by atoms with Crippen molar-refractivity contribution < 1.29 is 19.0 Å². The number of benzene rings is 3. The van der Waals surface area contributed by atoms with Gasteiger partial charge >= 0.3 is 5.97 Å². The number of aliphatic carboxylic acids is 1. The first-order valence-corrected chi connectivity index (χ1v) is 9.43. The van der Waals surface area contributed by atoms with Crippen LogP contribution in [0.1, 0.15) is 16.7 Å². The van der Waals surface area contributed by atoms with Crippen LogP contribution in [0.25, 0.3) is 22.0 Å². The van der Waals surface area contributed by atoms with E-state index in [4.69, 9.17) is 15.6 Å². The molecule has 1 heterocycles. The highest BCUT2D eigenvalue weighted by atomic mass is 19.1. The molecule has 0 spiro atoms. The summed E-state index contributed by atoms with van der Waals surface area (Å²) in [6, 6.07) is 15.9. The van der Waals surface area contributed by atoms with Crippen LogP contribution >= 0.6 is 0 Å². The van der Waals surface area contributed by atoms with Gasteiger partial charge in [0.2, 0.25) is 0 Å². The second kappa shape index (κ2) is 8.34. The second-order valence-electron chi connectivity index (χ2n) is 6.92. The van der Waals surface area contributed by atoms with Crippen molar-refractivity contribution in [3.05, 3.63) is 83.3 Å². The van der Waals surface area contributed by atoms with Crippen LogP contribution in [0.2, 0.25) is 0 Å². The van der Waals surface area contributed by atoms with Gasteiger partial charge in [-0.15, -0.1) is 0 Å². The maximum atomic E-state index is 14.8. The highest BCUT2D eigenvalue weighted by molar-refractivity contribution is 5.87. The molecule has 1 aromatic heterocycles. The third-order valence-corrected chi connectivity index (χ3v) is 4.95. The highest BCUT2D eigenvalue weighted by Crippen LogP contribution is 2.31. The molecule has 0 saturated carbocycles. The lowest BCUT2D eigenvalue weighted by Crippen LogP contribution is -2.04. The summed E-state index contributed by atoms with van der Waals surface area (Å²) in [5, 5.41) is 17.0. The van der Waals surface area contributed by atoms with E-state index < -0.39 is 5.97 Å². The number of carbonyl (C=O) groups is 1. The largest absolute Gasteiger partial charge is 0.489 e. The lowest BCUT2D eigenvalue weighted by atomic mass is 9.98. The van der Waals surface area contributed by atoms with Gasteiger partial charge in [-0.25, -0.2) is 4.39 Å². The Morgan fingerprint density at radius 2 is 1.90 bits per heavy atom. The zero-order chi connectivity index (χ0) is 21.1. The average Bonchev–Trinajstić information content (AvgIpc) is 3.21. The summed E-state index contributed by atoms with van der Waals surface area (Å²) in [7, 11) is 0. The second-order valence-corrected chi connectivity index (χ2v) is 6.92. The van der Waals surface area contributed by atoms with E-state index in [1.54, 1.807) is 48.7 Å². The molecular formula is C23H20FN3O3. The van der Waals surface area contributed by atoms with Crippen LogP contribution in [0, 0.1) is 5.82 Å². The monoisotopic (exact) mass is 405 g/mol. The maximum Gasteiger partial charge on any atom is 0.307 e. The van der Waals surface area contributed by atoms with Crippen LogP contribution in [0.4, 0.5) is 4.39 Å². The third kappa shape index (κ3) is 3.88. The molecule has 0 atom stereocenters. The highest BCUT2D eigenvalue weighted by Gasteiger charge is 2.14. The lowest BCUT2D eigenvalue weighted by molar-refractivity contribution is -0.136. The van der Waals surface area contributed by atoms with Crippen LogP contribution in [-0.2, 0) is 24.4 Å². The molecule has 3 aromatic carbocycles. The third-order valence-electron chi connectivity index (χ3n) is 4.95. The zero-order valence-corrected chi connectivity index (χ0v) is 16.1. The Morgan fingerprint density at radius 3 is 2.70 bits per heavy atom. The molecule has 4 aromatic rings. The molecule has 0 saturated heterocycles. The van der Waals surface area contributed by atoms with E-state index in [1.807, 2.05) is 12.1 Å². The van der Waals surface area contributed by atoms with E-state index in [0.29, 0.717) is 28.0 Å². The molecule has 0 aliphatic rings. The minimum atomic E-state index is -0.930. The summed E-state index contributed by atoms with van der Waals surface area (Å²) in [5.41, 5.74) is 9.36. The number of nitrogens with one attached hydrogen (secondary N) is 1. The van der Waals surface area contributed by atoms with Crippen molar-refractivity contribution in [2.24, 2.45) is 5.73 Å². The molecule has 30 heavy (non-hydrogen) atoms. The molecule has 0 aliphatic carbocycles. The van der Waals surface area contributed by atoms with Crippen LogP contribution < -0.4 is 10.5 Å². The molecule has 0 amide bonds. The molecule has 152 valence electrons. The number of fused-ring (bicyclic) bond motifs is 1. The first kappa shape index (κ1) is 19.6. The Kier molecular flexibility index (Phi) is 5.45. The van der Waals surface area contributed by atoms with Crippen molar-refractivity contribution in [3.8, 4) is 16.9 Å². The van der Waals surface area contributed by atoms with Gasteiger partial charge in [-0.1, -0.05) is 36.4 Å². The number of ether oxygens (including phenoxy) is 1. The quantitative estimate of drug-likeness (QED) is 0.431. The van der Waals surface area contributed by atoms with Crippen molar-refractivity contribution in [3.63, 3.8) is 0 Å². The summed E-state index contributed by atoms with van der Waals surface area (Å²) < 4.78 is 20.8. The van der Waals surface area contributed by atoms with Gasteiger partial charge in [0.05, 0.1) is 18.1 Å². The topological polar surface area (TPSA) is 101 Å². The number of aromatic amines is 1. The fourth-order valence-corrected chi connectivity index (χ4v) is 3.47. The predicted octanol–water partition coefficient (Wildman–Crippen LogP) is 4.03. The number of nitrogens with zero attached hydrogens (tertiary/aromatic N) is 1. The average molecular weight is 405 g/mol. The van der Waals surface area contributed by atoms with E-state index in [2.05, 4.69) is 10.2 Å². The van der Waals surface area contributed by atoms with E-state index >= 15 is 0 Å². The number of nitrogens with two attached hydrogens (primary N) is 1. The number of aromatic nitrogens is 2. The first-order valence-electron chi connectivity index (χ1n) is 9.43. The van der Waals surface area contributed by atoms with Crippen molar-refractivity contribution in [2.45, 2.75) is 19.6 Å². The molecule has 4 rings (SSSR count). The van der Waals surface area contributed by atoms with Crippen molar-refractivity contribution in [1.82, 2.24) is 10.2 Å². The van der Waals surface area contributed by atoms with E-state index in [1.165, 1.54) is 0 Å². The number of H-pyrrole nitrogens is 1. The summed E-state index contributed by atoms with van der Waals surface area (Å²) in [4.78, 5) is 11.1. The Morgan fingerprint density at radius 1 is 1.10 bits per heavy atom. The van der Waals surface area contributed by atoms with E-state index in [-0.39, 0.29) is 25.4 Å². The SMILES string of the molecule is NCc1cccc(-c2cc(COc3ccccc3CC(=O)O)c3cn[nH]c3c2)c1F. The molecule has 0 unspecified atom stereocenters. The number of halogens is 1. The normalized spacial score (nSPS) is 11.0. The summed E-state index contributed by atoms with van der Waals surface area (Å²) in [6.07, 6.45) is 1.56. The number of carboxylic acid groups (broad SMARTS) is 1. The minimum Gasteiger partial charge on any atom is -0.489 e. The zero-order valence-electron chi connectivity index (χ0n) is 16.1. The van der Waals surface area contributed by atoms with Gasteiger partial charge in [-0.2, -0.15) is 5.10 Å². The molecule has 0 aliphatic heterocycles. The molecule has 6 nitrogen and oxygen atoms in total. The summed E-state index contributed by atoms with van der Waals surface area (Å²) in [5.74, 6) is -0.781. The number of hydrogen-bond acceptors (Lipinski definition) is 4. The van der Waals surface area contributed by atoms with Gasteiger partial charge < -0.3 is 15.6 Å². The number of carboxylic acids is 1. The van der Waals surface area contributed by atoms with Crippen LogP contribution in [-0.4, -0.2) is 21.3 Å². The van der Waals surface area contributed by atoms with Gasteiger partial charge in [-0.05, 0) is 23.8 Å². The van der Waals surface area contributed by atoms with Gasteiger partial charge in [0.25, 0.3) is 0 Å². The summed E-state index contributed by atoms with van der Waals surface area (Å²) in [6.45, 7) is 0.293. The molecule has 0 radical (unpaired) electrons.